The van der Waals surface area contributed by atoms with Gasteiger partial charge in [-0.15, -0.1) is 0 Å². The first kappa shape index (κ1) is 13.0. The average Bonchev–Trinajstić information content (AvgIpc) is 3.03. The molecule has 2 aromatic rings. The number of fused-ring (bicyclic) bond motifs is 3. The standard InChI is InChI=1S/C16H16F2N2O/c17-16(18)7-3-6-12(15(16)21)14-11-5-2-1-4-10(11)13-8-19-9-20(13)14/h1-2,4-5,8-9,12,14-15,21H,3,6-7H2/t12-,14+,15-/m0/s1. The molecule has 110 valence electrons. The normalized spacial score (nSPS) is 30.0. The number of aromatic nitrogens is 2. The lowest BCUT2D eigenvalue weighted by atomic mass is 9.77. The van der Waals surface area contributed by atoms with Gasteiger partial charge in [0.15, 0.2) is 0 Å². The fraction of sp³-hybridized carbons (Fsp3) is 0.438. The Labute approximate surface area is 121 Å². The van der Waals surface area contributed by atoms with Crippen molar-refractivity contribution in [3.05, 3.63) is 42.4 Å². The number of rotatable bonds is 1. The molecule has 0 amide bonds. The maximum atomic E-state index is 13.9. The molecule has 0 bridgehead atoms. The summed E-state index contributed by atoms with van der Waals surface area (Å²) in [5.74, 6) is -3.48. The Morgan fingerprint density at radius 3 is 2.95 bits per heavy atom. The van der Waals surface area contributed by atoms with E-state index in [4.69, 9.17) is 0 Å². The van der Waals surface area contributed by atoms with E-state index >= 15 is 0 Å². The zero-order valence-electron chi connectivity index (χ0n) is 11.4. The minimum absolute atomic E-state index is 0.226. The van der Waals surface area contributed by atoms with Crippen molar-refractivity contribution in [1.29, 1.82) is 0 Å². The van der Waals surface area contributed by atoms with Gasteiger partial charge in [0.2, 0.25) is 0 Å². The van der Waals surface area contributed by atoms with Gasteiger partial charge in [-0.3, -0.25) is 0 Å². The summed E-state index contributed by atoms with van der Waals surface area (Å²) in [4.78, 5) is 4.14. The Bertz CT molecular complexity index is 682. The quantitative estimate of drug-likeness (QED) is 0.875. The molecule has 3 nitrogen and oxygen atoms in total. The summed E-state index contributed by atoms with van der Waals surface area (Å²) in [6.07, 6.45) is 2.66. The van der Waals surface area contributed by atoms with E-state index in [-0.39, 0.29) is 12.5 Å². The molecular formula is C16H16F2N2O. The Morgan fingerprint density at radius 2 is 2.10 bits per heavy atom. The Hall–Kier alpha value is -1.75. The first-order chi connectivity index (χ1) is 10.1. The molecular weight excluding hydrogens is 274 g/mol. The fourth-order valence-electron chi connectivity index (χ4n) is 3.83. The second kappa shape index (κ2) is 4.37. The maximum absolute atomic E-state index is 13.9. The smallest absolute Gasteiger partial charge is 0.273 e. The molecule has 1 aromatic carbocycles. The SMILES string of the molecule is O[C@H]1[C@H]([C@H]2c3ccccc3-c3cncn32)CCCC1(F)F. The van der Waals surface area contributed by atoms with Crippen LogP contribution in [0.1, 0.15) is 30.9 Å². The van der Waals surface area contributed by atoms with E-state index in [0.717, 1.165) is 16.8 Å². The van der Waals surface area contributed by atoms with Crippen molar-refractivity contribution in [3.8, 4) is 11.3 Å². The summed E-state index contributed by atoms with van der Waals surface area (Å²) in [5, 5.41) is 10.2. The van der Waals surface area contributed by atoms with Gasteiger partial charge in [0, 0.05) is 17.9 Å². The van der Waals surface area contributed by atoms with E-state index in [0.29, 0.717) is 12.8 Å². The number of benzene rings is 1. The van der Waals surface area contributed by atoms with Crippen molar-refractivity contribution >= 4 is 0 Å². The summed E-state index contributed by atoms with van der Waals surface area (Å²) in [6.45, 7) is 0. The molecule has 2 aliphatic rings. The zero-order valence-corrected chi connectivity index (χ0v) is 11.4. The topological polar surface area (TPSA) is 38.1 Å². The molecule has 0 saturated heterocycles. The Balaban J connectivity index is 1.82. The molecule has 1 aliphatic carbocycles. The predicted octanol–water partition coefficient (Wildman–Crippen LogP) is 3.25. The van der Waals surface area contributed by atoms with Gasteiger partial charge < -0.3 is 9.67 Å². The third kappa shape index (κ3) is 1.77. The fourth-order valence-corrected chi connectivity index (χ4v) is 3.83. The van der Waals surface area contributed by atoms with Crippen LogP contribution in [0, 0.1) is 5.92 Å². The number of aliphatic hydroxyl groups is 1. The van der Waals surface area contributed by atoms with E-state index in [1.54, 1.807) is 12.5 Å². The van der Waals surface area contributed by atoms with Gasteiger partial charge in [0.05, 0.1) is 24.3 Å². The van der Waals surface area contributed by atoms with Gasteiger partial charge >= 0.3 is 0 Å². The van der Waals surface area contributed by atoms with Crippen molar-refractivity contribution < 1.29 is 13.9 Å². The molecule has 1 N–H and O–H groups in total. The minimum atomic E-state index is -3.00. The van der Waals surface area contributed by atoms with Crippen molar-refractivity contribution in [2.24, 2.45) is 5.92 Å². The number of hydrogen-bond donors (Lipinski definition) is 1. The lowest BCUT2D eigenvalue weighted by Gasteiger charge is -2.38. The monoisotopic (exact) mass is 290 g/mol. The molecule has 1 aromatic heterocycles. The van der Waals surface area contributed by atoms with Crippen LogP contribution in [0.2, 0.25) is 0 Å². The van der Waals surface area contributed by atoms with Crippen molar-refractivity contribution in [2.45, 2.75) is 37.3 Å². The summed E-state index contributed by atoms with van der Waals surface area (Å²) >= 11 is 0. The molecule has 1 aliphatic heterocycles. The van der Waals surface area contributed by atoms with Crippen LogP contribution >= 0.6 is 0 Å². The minimum Gasteiger partial charge on any atom is -0.386 e. The van der Waals surface area contributed by atoms with E-state index in [1.807, 2.05) is 28.8 Å². The molecule has 0 radical (unpaired) electrons. The van der Waals surface area contributed by atoms with Crippen LogP contribution in [0.15, 0.2) is 36.8 Å². The largest absolute Gasteiger partial charge is 0.386 e. The lowest BCUT2D eigenvalue weighted by Crippen LogP contribution is -2.46. The van der Waals surface area contributed by atoms with Gasteiger partial charge in [0.25, 0.3) is 5.92 Å². The second-order valence-corrected chi connectivity index (χ2v) is 5.98. The van der Waals surface area contributed by atoms with Crippen LogP contribution in [0.25, 0.3) is 11.3 Å². The van der Waals surface area contributed by atoms with Crippen molar-refractivity contribution in [2.75, 3.05) is 0 Å². The summed E-state index contributed by atoms with van der Waals surface area (Å²) < 4.78 is 29.7. The van der Waals surface area contributed by atoms with E-state index in [9.17, 15) is 13.9 Å². The van der Waals surface area contributed by atoms with Crippen LogP contribution in [0.4, 0.5) is 8.78 Å². The maximum Gasteiger partial charge on any atom is 0.273 e. The summed E-state index contributed by atoms with van der Waals surface area (Å²) in [6, 6.07) is 7.55. The summed E-state index contributed by atoms with van der Waals surface area (Å²) in [5.41, 5.74) is 2.98. The van der Waals surface area contributed by atoms with Gasteiger partial charge in [-0.05, 0) is 18.4 Å². The van der Waals surface area contributed by atoms with Crippen LogP contribution in [-0.4, -0.2) is 26.7 Å². The molecule has 5 heteroatoms. The molecule has 0 unspecified atom stereocenters. The highest BCUT2D eigenvalue weighted by molar-refractivity contribution is 5.69. The third-order valence-corrected chi connectivity index (χ3v) is 4.81. The number of nitrogens with zero attached hydrogens (tertiary/aromatic N) is 2. The molecule has 1 fully saturated rings. The van der Waals surface area contributed by atoms with Gasteiger partial charge in [0.1, 0.15) is 6.10 Å². The van der Waals surface area contributed by atoms with E-state index < -0.39 is 17.9 Å². The molecule has 4 rings (SSSR count). The first-order valence-corrected chi connectivity index (χ1v) is 7.26. The number of alkyl halides is 2. The van der Waals surface area contributed by atoms with Crippen LogP contribution < -0.4 is 0 Å². The third-order valence-electron chi connectivity index (χ3n) is 4.81. The lowest BCUT2D eigenvalue weighted by molar-refractivity contribution is -0.160. The van der Waals surface area contributed by atoms with Gasteiger partial charge in [-0.2, -0.15) is 0 Å². The molecule has 21 heavy (non-hydrogen) atoms. The molecule has 3 atom stereocenters. The highest BCUT2D eigenvalue weighted by Crippen LogP contribution is 2.49. The van der Waals surface area contributed by atoms with E-state index in [1.165, 1.54) is 0 Å². The summed E-state index contributed by atoms with van der Waals surface area (Å²) in [7, 11) is 0. The predicted molar refractivity (Wildman–Crippen MR) is 74.1 cm³/mol. The van der Waals surface area contributed by atoms with Crippen molar-refractivity contribution in [3.63, 3.8) is 0 Å². The molecule has 1 saturated carbocycles. The average molecular weight is 290 g/mol. The number of imidazole rings is 1. The Kier molecular flexibility index (Phi) is 2.70. The van der Waals surface area contributed by atoms with Gasteiger partial charge in [-0.25, -0.2) is 13.8 Å². The highest BCUT2D eigenvalue weighted by atomic mass is 19.3. The zero-order chi connectivity index (χ0) is 14.6. The van der Waals surface area contributed by atoms with Gasteiger partial charge in [-0.1, -0.05) is 24.3 Å². The number of halogens is 2. The molecule has 0 spiro atoms. The van der Waals surface area contributed by atoms with Crippen LogP contribution in [-0.2, 0) is 0 Å². The van der Waals surface area contributed by atoms with E-state index in [2.05, 4.69) is 4.98 Å². The van der Waals surface area contributed by atoms with Crippen LogP contribution in [0.3, 0.4) is 0 Å². The second-order valence-electron chi connectivity index (χ2n) is 5.98. The number of hydrogen-bond acceptors (Lipinski definition) is 2. The Morgan fingerprint density at radius 1 is 1.29 bits per heavy atom. The van der Waals surface area contributed by atoms with Crippen molar-refractivity contribution in [1.82, 2.24) is 9.55 Å². The molecule has 2 heterocycles. The first-order valence-electron chi connectivity index (χ1n) is 7.26. The number of aliphatic hydroxyl groups excluding tert-OH is 1. The highest BCUT2D eigenvalue weighted by Gasteiger charge is 2.50. The van der Waals surface area contributed by atoms with Crippen LogP contribution in [0.5, 0.6) is 0 Å².